The topological polar surface area (TPSA) is 96.0 Å². The molecule has 0 spiro atoms. The summed E-state index contributed by atoms with van der Waals surface area (Å²) in [5.41, 5.74) is -0.0175. The number of rotatable bonds is 12. The number of hydrogen-bond acceptors (Lipinski definition) is 10. The molecule has 2 saturated heterocycles. The van der Waals surface area contributed by atoms with Crippen molar-refractivity contribution in [2.24, 2.45) is 0 Å². The van der Waals surface area contributed by atoms with E-state index in [0.29, 0.717) is 37.2 Å². The second-order valence-electron chi connectivity index (χ2n) is 14.5. The Morgan fingerprint density at radius 1 is 0.659 bits per heavy atom. The summed E-state index contributed by atoms with van der Waals surface area (Å²) in [4.78, 5) is 35.5. The molecular formula is C34H54N2O8. The number of benzene rings is 1. The Balaban J connectivity index is 1.77. The molecule has 2 heterocycles. The largest absolute Gasteiger partial charge is 0.486 e. The molecular weight excluding hydrogens is 564 g/mol. The van der Waals surface area contributed by atoms with Gasteiger partial charge in [0.1, 0.15) is 12.2 Å². The van der Waals surface area contributed by atoms with E-state index >= 15 is 0 Å². The Hall–Kier alpha value is -2.40. The summed E-state index contributed by atoms with van der Waals surface area (Å²) in [6.07, 6.45) is 2.87. The van der Waals surface area contributed by atoms with Gasteiger partial charge in [-0.2, -0.15) is 10.1 Å². The van der Waals surface area contributed by atoms with Gasteiger partial charge in [-0.3, -0.25) is 19.3 Å². The van der Waals surface area contributed by atoms with E-state index in [-0.39, 0.29) is 72.4 Å². The van der Waals surface area contributed by atoms with Crippen LogP contribution in [0.4, 0.5) is 0 Å². The SMILES string of the molecule is [CH2]c1ccc([CH2])c(OC2CC(C)(C)N(OCCC(=O)OC)C(C)(C)C2)c1OC1CC(C)(C)N(OCCC(=O)OC)C(C)(C)C1. The summed E-state index contributed by atoms with van der Waals surface area (Å²) >= 11 is 0. The molecule has 0 atom stereocenters. The second kappa shape index (κ2) is 13.9. The van der Waals surface area contributed by atoms with Crippen molar-refractivity contribution >= 4 is 11.9 Å². The van der Waals surface area contributed by atoms with E-state index in [1.807, 2.05) is 22.3 Å². The second-order valence-corrected chi connectivity index (χ2v) is 14.5. The zero-order valence-electron chi connectivity index (χ0n) is 28.5. The van der Waals surface area contributed by atoms with Crippen LogP contribution >= 0.6 is 0 Å². The number of hydrogen-bond donors (Lipinski definition) is 0. The first-order chi connectivity index (χ1) is 20.3. The lowest BCUT2D eigenvalue weighted by atomic mass is 9.80. The molecule has 3 rings (SSSR count). The van der Waals surface area contributed by atoms with Crippen molar-refractivity contribution in [1.82, 2.24) is 10.1 Å². The summed E-state index contributed by atoms with van der Waals surface area (Å²) in [6, 6.07) is 3.83. The van der Waals surface area contributed by atoms with Gasteiger partial charge in [-0.1, -0.05) is 12.1 Å². The quantitative estimate of drug-likeness (QED) is 0.266. The van der Waals surface area contributed by atoms with Gasteiger partial charge in [0.25, 0.3) is 0 Å². The minimum atomic E-state index is -0.373. The number of nitrogens with zero attached hydrogens (tertiary/aromatic N) is 2. The van der Waals surface area contributed by atoms with E-state index in [0.717, 1.165) is 11.1 Å². The highest BCUT2D eigenvalue weighted by Crippen LogP contribution is 2.45. The highest BCUT2D eigenvalue weighted by atomic mass is 16.7. The minimum Gasteiger partial charge on any atom is -0.486 e. The van der Waals surface area contributed by atoms with Gasteiger partial charge in [0, 0.05) is 47.8 Å². The summed E-state index contributed by atoms with van der Waals surface area (Å²) in [7, 11) is 2.76. The minimum absolute atomic E-state index is 0.136. The monoisotopic (exact) mass is 618 g/mol. The summed E-state index contributed by atoms with van der Waals surface area (Å²) < 4.78 is 23.1. The number of carbonyl (C=O) groups is 2. The summed E-state index contributed by atoms with van der Waals surface area (Å²) in [5.74, 6) is 0.625. The van der Waals surface area contributed by atoms with Gasteiger partial charge in [0.2, 0.25) is 0 Å². The van der Waals surface area contributed by atoms with Gasteiger partial charge in [0.15, 0.2) is 11.5 Å². The predicted molar refractivity (Wildman–Crippen MR) is 168 cm³/mol. The maximum absolute atomic E-state index is 11.6. The van der Waals surface area contributed by atoms with Crippen molar-refractivity contribution in [1.29, 1.82) is 0 Å². The third kappa shape index (κ3) is 8.65. The molecule has 2 aliphatic heterocycles. The fourth-order valence-electron chi connectivity index (χ4n) is 7.09. The van der Waals surface area contributed by atoms with Crippen LogP contribution in [0.25, 0.3) is 0 Å². The van der Waals surface area contributed by atoms with E-state index in [4.69, 9.17) is 28.6 Å². The Bertz CT molecular complexity index is 1040. The Morgan fingerprint density at radius 2 is 0.955 bits per heavy atom. The van der Waals surface area contributed by atoms with Crippen LogP contribution in [0.5, 0.6) is 11.5 Å². The van der Waals surface area contributed by atoms with Crippen molar-refractivity contribution in [3.05, 3.63) is 37.1 Å². The lowest BCUT2D eigenvalue weighted by molar-refractivity contribution is -0.291. The van der Waals surface area contributed by atoms with Crippen LogP contribution in [0.15, 0.2) is 12.1 Å². The van der Waals surface area contributed by atoms with Crippen molar-refractivity contribution in [2.45, 2.75) is 128 Å². The maximum atomic E-state index is 11.6. The van der Waals surface area contributed by atoms with Crippen LogP contribution in [0, 0.1) is 13.8 Å². The lowest BCUT2D eigenvalue weighted by Crippen LogP contribution is -2.62. The van der Waals surface area contributed by atoms with Gasteiger partial charge in [-0.15, -0.1) is 0 Å². The molecule has 2 fully saturated rings. The van der Waals surface area contributed by atoms with Crippen LogP contribution < -0.4 is 9.47 Å². The summed E-state index contributed by atoms with van der Waals surface area (Å²) in [5, 5.41) is 3.99. The van der Waals surface area contributed by atoms with Crippen molar-refractivity contribution in [2.75, 3.05) is 27.4 Å². The van der Waals surface area contributed by atoms with Gasteiger partial charge in [0.05, 0.1) is 40.3 Å². The number of esters is 2. The molecule has 248 valence electrons. The van der Waals surface area contributed by atoms with Crippen LogP contribution in [0.2, 0.25) is 0 Å². The van der Waals surface area contributed by atoms with E-state index < -0.39 is 0 Å². The third-order valence-electron chi connectivity index (χ3n) is 8.46. The van der Waals surface area contributed by atoms with Crippen LogP contribution in [-0.2, 0) is 28.7 Å². The van der Waals surface area contributed by atoms with Crippen LogP contribution in [-0.4, -0.2) is 83.9 Å². The fourth-order valence-corrected chi connectivity index (χ4v) is 7.09. The van der Waals surface area contributed by atoms with Gasteiger partial charge >= 0.3 is 11.9 Å². The molecule has 44 heavy (non-hydrogen) atoms. The molecule has 0 aromatic heterocycles. The van der Waals surface area contributed by atoms with Crippen molar-refractivity contribution in [3.63, 3.8) is 0 Å². The molecule has 0 amide bonds. The zero-order valence-corrected chi connectivity index (χ0v) is 28.5. The first-order valence-electron chi connectivity index (χ1n) is 15.5. The van der Waals surface area contributed by atoms with Crippen LogP contribution in [0.3, 0.4) is 0 Å². The Labute approximate surface area is 264 Å². The van der Waals surface area contributed by atoms with E-state index in [2.05, 4.69) is 69.2 Å². The molecule has 10 heteroatoms. The highest BCUT2D eigenvalue weighted by Gasteiger charge is 2.49. The van der Waals surface area contributed by atoms with Gasteiger partial charge < -0.3 is 18.9 Å². The standard InChI is InChI=1S/C34H54N2O8/c1-23-13-14-24(2)30(44-26-21-33(7,8)36(34(9,10)22-26)42-18-16-28(38)40-12)29(23)43-25-19-31(3,4)35(32(5,6)20-25)41-17-15-27(37)39-11/h13-14,25-26H,1-2,15-22H2,3-12H3. The average molecular weight is 619 g/mol. The maximum Gasteiger partial charge on any atom is 0.307 e. The zero-order chi connectivity index (χ0) is 33.1. The molecule has 2 aliphatic rings. The molecule has 0 N–H and O–H groups in total. The molecule has 0 aliphatic carbocycles. The molecule has 1 aromatic carbocycles. The molecule has 1 aromatic rings. The molecule has 0 saturated carbocycles. The highest BCUT2D eigenvalue weighted by molar-refractivity contribution is 5.69. The Kier molecular flexibility index (Phi) is 11.4. The first-order valence-corrected chi connectivity index (χ1v) is 15.5. The number of methoxy groups -OCH3 is 2. The average Bonchev–Trinajstić information content (AvgIpc) is 2.89. The smallest absolute Gasteiger partial charge is 0.307 e. The van der Waals surface area contributed by atoms with E-state index in [9.17, 15) is 9.59 Å². The third-order valence-corrected chi connectivity index (χ3v) is 8.46. The first kappa shape index (κ1) is 36.1. The molecule has 0 unspecified atom stereocenters. The normalized spacial score (nSPS) is 21.9. The molecule has 2 radical (unpaired) electrons. The Morgan fingerprint density at radius 3 is 1.23 bits per heavy atom. The number of carbonyl (C=O) groups excluding carboxylic acids is 2. The van der Waals surface area contributed by atoms with E-state index in [1.165, 1.54) is 14.2 Å². The lowest BCUT2D eigenvalue weighted by Gasteiger charge is -2.54. The van der Waals surface area contributed by atoms with Gasteiger partial charge in [-0.25, -0.2) is 0 Å². The molecule has 10 nitrogen and oxygen atoms in total. The fraction of sp³-hybridized carbons (Fsp3) is 0.706. The van der Waals surface area contributed by atoms with Crippen molar-refractivity contribution < 1.29 is 38.2 Å². The summed E-state index contributed by atoms with van der Waals surface area (Å²) in [6.45, 7) is 26.0. The van der Waals surface area contributed by atoms with Gasteiger partial charge in [-0.05, 0) is 80.4 Å². The van der Waals surface area contributed by atoms with Crippen molar-refractivity contribution in [3.8, 4) is 11.5 Å². The molecule has 0 bridgehead atoms. The van der Waals surface area contributed by atoms with E-state index in [1.54, 1.807) is 0 Å². The number of ether oxygens (including phenoxy) is 4. The van der Waals surface area contributed by atoms with Crippen LogP contribution in [0.1, 0.15) is 105 Å². The number of hydroxylamine groups is 4. The number of piperidine rings is 2. The predicted octanol–water partition coefficient (Wildman–Crippen LogP) is 5.84.